The molecule has 3 N–H and O–H groups in total. The molecule has 0 fully saturated rings. The van der Waals surface area contributed by atoms with Gasteiger partial charge >= 0.3 is 0 Å². The van der Waals surface area contributed by atoms with Gasteiger partial charge in [0, 0.05) is 24.9 Å². The molecule has 156 valence electrons. The molecule has 0 saturated carbocycles. The minimum atomic E-state index is -0.432. The molecule has 0 spiro atoms. The van der Waals surface area contributed by atoms with E-state index < -0.39 is 5.91 Å². The third-order valence-corrected chi connectivity index (χ3v) is 4.61. The van der Waals surface area contributed by atoms with Gasteiger partial charge in [-0.25, -0.2) is 5.01 Å². The molecule has 0 bridgehead atoms. The molecule has 0 aliphatic carbocycles. The molecule has 1 aliphatic rings. The number of hydrazone groups is 1. The number of anilines is 1. The number of aryl methyl sites for hydroxylation is 1. The number of nitrogens with one attached hydrogen (secondary N) is 3. The van der Waals surface area contributed by atoms with Crippen LogP contribution in [0.1, 0.15) is 30.4 Å². The molecule has 0 unspecified atom stereocenters. The number of carbonyl (C=O) groups is 3. The first-order valence-electron chi connectivity index (χ1n) is 9.83. The second-order valence-corrected chi connectivity index (χ2v) is 7.00. The minimum absolute atomic E-state index is 0.0209. The summed E-state index contributed by atoms with van der Waals surface area (Å²) >= 11 is 0. The van der Waals surface area contributed by atoms with Gasteiger partial charge < -0.3 is 5.32 Å². The van der Waals surface area contributed by atoms with Gasteiger partial charge in [0.2, 0.25) is 11.8 Å². The Hall–Kier alpha value is -3.68. The fourth-order valence-electron chi connectivity index (χ4n) is 2.92. The molecule has 8 heteroatoms. The lowest BCUT2D eigenvalue weighted by molar-refractivity contribution is -0.133. The number of hydrogen-bond donors (Lipinski definition) is 3. The Balaban J connectivity index is 1.35. The van der Waals surface area contributed by atoms with Crippen LogP contribution in [0.15, 0.2) is 59.7 Å². The highest BCUT2D eigenvalue weighted by molar-refractivity contribution is 6.02. The zero-order chi connectivity index (χ0) is 21.3. The Bertz CT molecular complexity index is 926. The molecule has 2 aromatic rings. The third-order valence-electron chi connectivity index (χ3n) is 4.61. The number of nitrogens with zero attached hydrogens (tertiary/aromatic N) is 2. The van der Waals surface area contributed by atoms with Crippen LogP contribution in [-0.4, -0.2) is 41.5 Å². The quantitative estimate of drug-likeness (QED) is 0.611. The number of hydrogen-bond acceptors (Lipinski definition) is 5. The molecule has 0 aromatic heterocycles. The normalized spacial score (nSPS) is 12.8. The van der Waals surface area contributed by atoms with Gasteiger partial charge in [-0.3, -0.25) is 25.2 Å². The molecular weight excluding hydrogens is 382 g/mol. The van der Waals surface area contributed by atoms with Crippen molar-refractivity contribution in [2.45, 2.75) is 26.2 Å². The molecule has 8 nitrogen and oxygen atoms in total. The summed E-state index contributed by atoms with van der Waals surface area (Å²) in [4.78, 5) is 36.0. The summed E-state index contributed by atoms with van der Waals surface area (Å²) in [6.45, 7) is 2.51. The SMILES string of the molecule is Cc1ccc(NCC(=O)NNC(=O)CCC(=O)N2CCC(c3ccccc3)=N2)cc1. The Labute approximate surface area is 175 Å². The molecule has 0 saturated heterocycles. The van der Waals surface area contributed by atoms with E-state index in [4.69, 9.17) is 0 Å². The Morgan fingerprint density at radius 2 is 1.63 bits per heavy atom. The lowest BCUT2D eigenvalue weighted by Crippen LogP contribution is -2.44. The number of amides is 3. The van der Waals surface area contributed by atoms with E-state index in [-0.39, 0.29) is 31.2 Å². The molecule has 1 heterocycles. The van der Waals surface area contributed by atoms with Gasteiger partial charge in [0.05, 0.1) is 18.8 Å². The van der Waals surface area contributed by atoms with Crippen LogP contribution in [0.25, 0.3) is 0 Å². The van der Waals surface area contributed by atoms with E-state index in [9.17, 15) is 14.4 Å². The van der Waals surface area contributed by atoms with Gasteiger partial charge in [-0.2, -0.15) is 5.10 Å². The van der Waals surface area contributed by atoms with Crippen molar-refractivity contribution in [2.24, 2.45) is 5.10 Å². The van der Waals surface area contributed by atoms with Crippen molar-refractivity contribution in [3.05, 3.63) is 65.7 Å². The van der Waals surface area contributed by atoms with Crippen LogP contribution >= 0.6 is 0 Å². The monoisotopic (exact) mass is 407 g/mol. The van der Waals surface area contributed by atoms with Crippen molar-refractivity contribution < 1.29 is 14.4 Å². The fraction of sp³-hybridized carbons (Fsp3) is 0.273. The smallest absolute Gasteiger partial charge is 0.257 e. The molecule has 3 amide bonds. The summed E-state index contributed by atoms with van der Waals surface area (Å²) in [6, 6.07) is 17.3. The first-order valence-corrected chi connectivity index (χ1v) is 9.83. The van der Waals surface area contributed by atoms with Crippen LogP contribution in [0.5, 0.6) is 0 Å². The first-order chi connectivity index (χ1) is 14.5. The van der Waals surface area contributed by atoms with Crippen molar-refractivity contribution in [3.8, 4) is 0 Å². The first kappa shape index (κ1) is 21.0. The number of rotatable bonds is 7. The maximum atomic E-state index is 12.3. The lowest BCUT2D eigenvalue weighted by Gasteiger charge is -2.12. The van der Waals surface area contributed by atoms with Gasteiger partial charge in [-0.05, 0) is 24.6 Å². The highest BCUT2D eigenvalue weighted by atomic mass is 16.2. The van der Waals surface area contributed by atoms with Gasteiger partial charge in [-0.15, -0.1) is 0 Å². The van der Waals surface area contributed by atoms with Crippen LogP contribution in [-0.2, 0) is 14.4 Å². The molecule has 30 heavy (non-hydrogen) atoms. The molecule has 0 atom stereocenters. The van der Waals surface area contributed by atoms with E-state index in [0.717, 1.165) is 22.5 Å². The highest BCUT2D eigenvalue weighted by Gasteiger charge is 2.21. The summed E-state index contributed by atoms with van der Waals surface area (Å²) in [6.07, 6.45) is 0.679. The van der Waals surface area contributed by atoms with E-state index >= 15 is 0 Å². The third kappa shape index (κ3) is 6.16. The van der Waals surface area contributed by atoms with Crippen molar-refractivity contribution in [3.63, 3.8) is 0 Å². The van der Waals surface area contributed by atoms with E-state index in [0.29, 0.717) is 13.0 Å². The van der Waals surface area contributed by atoms with Crippen LogP contribution in [0.4, 0.5) is 5.69 Å². The summed E-state index contributed by atoms with van der Waals surface area (Å²) in [5.74, 6) is -1.03. The zero-order valence-corrected chi connectivity index (χ0v) is 16.9. The van der Waals surface area contributed by atoms with Gasteiger partial charge in [0.25, 0.3) is 5.91 Å². The minimum Gasteiger partial charge on any atom is -0.376 e. The average molecular weight is 407 g/mol. The van der Waals surface area contributed by atoms with Gasteiger partial charge in [0.15, 0.2) is 0 Å². The van der Waals surface area contributed by atoms with Crippen molar-refractivity contribution in [2.75, 3.05) is 18.4 Å². The number of hydrazine groups is 1. The largest absolute Gasteiger partial charge is 0.376 e. The molecule has 0 radical (unpaired) electrons. The number of benzene rings is 2. The second kappa shape index (κ2) is 10.2. The van der Waals surface area contributed by atoms with E-state index in [1.54, 1.807) is 0 Å². The lowest BCUT2D eigenvalue weighted by atomic mass is 10.1. The molecular formula is C22H25N5O3. The Morgan fingerprint density at radius 3 is 2.37 bits per heavy atom. The maximum absolute atomic E-state index is 12.3. The summed E-state index contributed by atoms with van der Waals surface area (Å²) in [5.41, 5.74) is 8.45. The Morgan fingerprint density at radius 1 is 0.933 bits per heavy atom. The van der Waals surface area contributed by atoms with E-state index in [1.165, 1.54) is 5.01 Å². The molecule has 2 aromatic carbocycles. The molecule has 1 aliphatic heterocycles. The molecule has 3 rings (SSSR count). The van der Waals surface area contributed by atoms with Gasteiger partial charge in [-0.1, -0.05) is 48.0 Å². The predicted octanol–water partition coefficient (Wildman–Crippen LogP) is 1.97. The highest BCUT2D eigenvalue weighted by Crippen LogP contribution is 2.15. The van der Waals surface area contributed by atoms with Crippen LogP contribution < -0.4 is 16.2 Å². The number of carbonyl (C=O) groups excluding carboxylic acids is 3. The summed E-state index contributed by atoms with van der Waals surface area (Å²) in [7, 11) is 0. The van der Waals surface area contributed by atoms with E-state index in [2.05, 4.69) is 21.3 Å². The van der Waals surface area contributed by atoms with Crippen LogP contribution in [0.2, 0.25) is 0 Å². The van der Waals surface area contributed by atoms with Crippen molar-refractivity contribution >= 4 is 29.1 Å². The van der Waals surface area contributed by atoms with Crippen molar-refractivity contribution in [1.82, 2.24) is 15.9 Å². The topological polar surface area (TPSA) is 103 Å². The van der Waals surface area contributed by atoms with Gasteiger partial charge in [0.1, 0.15) is 0 Å². The fourth-order valence-corrected chi connectivity index (χ4v) is 2.92. The summed E-state index contributed by atoms with van der Waals surface area (Å²) in [5, 5.41) is 8.72. The van der Waals surface area contributed by atoms with Crippen LogP contribution in [0, 0.1) is 6.92 Å². The second-order valence-electron chi connectivity index (χ2n) is 7.00. The average Bonchev–Trinajstić information content (AvgIpc) is 3.27. The van der Waals surface area contributed by atoms with Crippen LogP contribution in [0.3, 0.4) is 0 Å². The van der Waals surface area contributed by atoms with Crippen molar-refractivity contribution in [1.29, 1.82) is 0 Å². The standard InChI is InChI=1S/C22H25N5O3/c1-16-7-9-18(10-8-16)23-15-21(29)25-24-20(28)11-12-22(30)27-14-13-19(26-27)17-5-3-2-4-6-17/h2-10,23H,11-15H2,1H3,(H,24,28)(H,25,29). The Kier molecular flexibility index (Phi) is 7.15. The summed E-state index contributed by atoms with van der Waals surface area (Å²) < 4.78 is 0. The maximum Gasteiger partial charge on any atom is 0.257 e. The predicted molar refractivity (Wildman–Crippen MR) is 114 cm³/mol. The van der Waals surface area contributed by atoms with E-state index in [1.807, 2.05) is 61.5 Å². The zero-order valence-electron chi connectivity index (χ0n) is 16.9.